The summed E-state index contributed by atoms with van der Waals surface area (Å²) in [6.45, 7) is 0. The lowest BCUT2D eigenvalue weighted by Gasteiger charge is -2.05. The molecule has 0 aliphatic carbocycles. The van der Waals surface area contributed by atoms with Crippen LogP contribution in [0.15, 0.2) is 42.7 Å². The van der Waals surface area contributed by atoms with Crippen molar-refractivity contribution in [2.75, 3.05) is 7.11 Å². The zero-order chi connectivity index (χ0) is 12.5. The van der Waals surface area contributed by atoms with E-state index in [0.29, 0.717) is 0 Å². The van der Waals surface area contributed by atoms with E-state index in [9.17, 15) is 0 Å². The maximum Gasteiger partial charge on any atom is 0.224 e. The van der Waals surface area contributed by atoms with Gasteiger partial charge in [0.2, 0.25) is 5.28 Å². The van der Waals surface area contributed by atoms with Crippen LogP contribution in [0.3, 0.4) is 0 Å². The van der Waals surface area contributed by atoms with E-state index in [1.807, 2.05) is 41.1 Å². The fourth-order valence-electron chi connectivity index (χ4n) is 1.90. The fraction of sp³-hybridized carbons (Fsp3) is 0.0769. The number of hydrogen-bond acceptors (Lipinski definition) is 3. The molecule has 0 amide bonds. The Bertz CT molecular complexity index is 708. The van der Waals surface area contributed by atoms with E-state index in [4.69, 9.17) is 16.3 Å². The predicted molar refractivity (Wildman–Crippen MR) is 70.4 cm³/mol. The summed E-state index contributed by atoms with van der Waals surface area (Å²) in [5.41, 5.74) is 1.02. The first-order chi connectivity index (χ1) is 8.78. The second-order valence-corrected chi connectivity index (χ2v) is 4.13. The molecule has 3 rings (SSSR count). The number of fused-ring (bicyclic) bond motifs is 1. The van der Waals surface area contributed by atoms with Crippen molar-refractivity contribution < 1.29 is 4.74 Å². The Morgan fingerprint density at radius 2 is 2.11 bits per heavy atom. The first-order valence-electron chi connectivity index (χ1n) is 5.42. The Morgan fingerprint density at radius 3 is 2.89 bits per heavy atom. The Balaban J connectivity index is 2.22. The highest BCUT2D eigenvalue weighted by Gasteiger charge is 2.06. The van der Waals surface area contributed by atoms with Crippen LogP contribution in [0.5, 0.6) is 5.75 Å². The van der Waals surface area contributed by atoms with Crippen LogP contribution in [0, 0.1) is 0 Å². The molecule has 1 aromatic carbocycles. The molecule has 2 heterocycles. The molecule has 18 heavy (non-hydrogen) atoms. The maximum atomic E-state index is 5.81. The van der Waals surface area contributed by atoms with E-state index in [2.05, 4.69) is 9.97 Å². The van der Waals surface area contributed by atoms with Crippen molar-refractivity contribution in [1.29, 1.82) is 0 Å². The van der Waals surface area contributed by atoms with Gasteiger partial charge in [-0.1, -0.05) is 0 Å². The van der Waals surface area contributed by atoms with Gasteiger partial charge in [0.05, 0.1) is 12.6 Å². The van der Waals surface area contributed by atoms with Crippen molar-refractivity contribution in [3.8, 4) is 11.6 Å². The number of benzene rings is 1. The van der Waals surface area contributed by atoms with Crippen LogP contribution < -0.4 is 4.74 Å². The summed E-state index contributed by atoms with van der Waals surface area (Å²) < 4.78 is 7.18. The molecule has 0 N–H and O–H groups in total. The van der Waals surface area contributed by atoms with Gasteiger partial charge in [-0.25, -0.2) is 4.98 Å². The summed E-state index contributed by atoms with van der Waals surface area (Å²) in [6.07, 6.45) is 3.58. The number of methoxy groups -OCH3 is 1. The van der Waals surface area contributed by atoms with Gasteiger partial charge < -0.3 is 9.30 Å². The van der Waals surface area contributed by atoms with E-state index in [-0.39, 0.29) is 5.28 Å². The fourth-order valence-corrected chi connectivity index (χ4v) is 2.04. The minimum atomic E-state index is 0.234. The second-order valence-electron chi connectivity index (χ2n) is 3.79. The van der Waals surface area contributed by atoms with Crippen LogP contribution >= 0.6 is 11.6 Å². The maximum absolute atomic E-state index is 5.81. The van der Waals surface area contributed by atoms with Gasteiger partial charge in [0.25, 0.3) is 0 Å². The Hall–Kier alpha value is -2.07. The summed E-state index contributed by atoms with van der Waals surface area (Å²) in [5.74, 6) is 1.54. The van der Waals surface area contributed by atoms with E-state index in [1.165, 1.54) is 0 Å². The molecule has 0 unspecified atom stereocenters. The monoisotopic (exact) mass is 259 g/mol. The third kappa shape index (κ3) is 1.80. The van der Waals surface area contributed by atoms with Gasteiger partial charge in [0.1, 0.15) is 11.6 Å². The first kappa shape index (κ1) is 11.0. The number of aromatic nitrogens is 3. The summed E-state index contributed by atoms with van der Waals surface area (Å²) in [6, 6.07) is 9.73. The van der Waals surface area contributed by atoms with Crippen LogP contribution in [0.4, 0.5) is 0 Å². The quantitative estimate of drug-likeness (QED) is 0.664. The number of nitrogens with zero attached hydrogens (tertiary/aromatic N) is 3. The average Bonchev–Trinajstić information content (AvgIpc) is 2.81. The molecule has 4 nitrogen and oxygen atoms in total. The average molecular weight is 260 g/mol. The molecule has 0 atom stereocenters. The predicted octanol–water partition coefficient (Wildman–Crippen LogP) is 3.08. The Kier molecular flexibility index (Phi) is 2.64. The third-order valence-electron chi connectivity index (χ3n) is 2.76. The molecule has 0 aliphatic heterocycles. The zero-order valence-corrected chi connectivity index (χ0v) is 10.4. The standard InChI is InChI=1S/C13H10ClN3O/c1-18-10-3-2-9-5-7-17(11(9)8-10)12-4-6-15-13(14)16-12/h2-8H,1H3. The normalized spacial score (nSPS) is 10.8. The Labute approximate surface area is 109 Å². The van der Waals surface area contributed by atoms with Crippen LogP contribution in [0.25, 0.3) is 16.7 Å². The van der Waals surface area contributed by atoms with E-state index < -0.39 is 0 Å². The zero-order valence-electron chi connectivity index (χ0n) is 9.67. The van der Waals surface area contributed by atoms with Crippen LogP contribution in [0.1, 0.15) is 0 Å². The SMILES string of the molecule is COc1ccc2ccn(-c3ccnc(Cl)n3)c2c1. The first-order valence-corrected chi connectivity index (χ1v) is 5.80. The van der Waals surface area contributed by atoms with Crippen molar-refractivity contribution in [2.45, 2.75) is 0 Å². The van der Waals surface area contributed by atoms with Gasteiger partial charge in [-0.15, -0.1) is 0 Å². The molecule has 0 saturated heterocycles. The van der Waals surface area contributed by atoms with Gasteiger partial charge in [0, 0.05) is 23.8 Å². The third-order valence-corrected chi connectivity index (χ3v) is 2.94. The minimum Gasteiger partial charge on any atom is -0.497 e. The lowest BCUT2D eigenvalue weighted by molar-refractivity contribution is 0.415. The number of halogens is 1. The molecule has 0 saturated carbocycles. The van der Waals surface area contributed by atoms with Crippen molar-refractivity contribution in [3.05, 3.63) is 48.0 Å². The van der Waals surface area contributed by atoms with Gasteiger partial charge >= 0.3 is 0 Å². The molecule has 0 radical (unpaired) electrons. The van der Waals surface area contributed by atoms with E-state index >= 15 is 0 Å². The molecule has 0 spiro atoms. The van der Waals surface area contributed by atoms with Crippen LogP contribution in [0.2, 0.25) is 5.28 Å². The lowest BCUT2D eigenvalue weighted by Crippen LogP contribution is -1.96. The summed E-state index contributed by atoms with van der Waals surface area (Å²) in [5, 5.41) is 1.35. The van der Waals surface area contributed by atoms with Crippen molar-refractivity contribution in [2.24, 2.45) is 0 Å². The van der Waals surface area contributed by atoms with Gasteiger partial charge in [-0.2, -0.15) is 4.98 Å². The number of hydrogen-bond donors (Lipinski definition) is 0. The Morgan fingerprint density at radius 1 is 1.22 bits per heavy atom. The summed E-state index contributed by atoms with van der Waals surface area (Å²) >= 11 is 5.81. The second kappa shape index (κ2) is 4.31. The molecule has 2 aromatic heterocycles. The molecule has 90 valence electrons. The molecule has 0 aliphatic rings. The largest absolute Gasteiger partial charge is 0.497 e. The summed E-state index contributed by atoms with van der Waals surface area (Å²) in [7, 11) is 1.65. The minimum absolute atomic E-state index is 0.234. The highest BCUT2D eigenvalue weighted by molar-refractivity contribution is 6.28. The molecular weight excluding hydrogens is 250 g/mol. The highest BCUT2D eigenvalue weighted by atomic mass is 35.5. The van der Waals surface area contributed by atoms with Crippen LogP contribution in [-0.2, 0) is 0 Å². The van der Waals surface area contributed by atoms with Gasteiger partial charge in [-0.3, -0.25) is 0 Å². The number of rotatable bonds is 2. The molecular formula is C13H10ClN3O. The smallest absolute Gasteiger partial charge is 0.224 e. The molecule has 3 aromatic rings. The topological polar surface area (TPSA) is 39.9 Å². The molecule has 0 bridgehead atoms. The molecule has 0 fully saturated rings. The van der Waals surface area contributed by atoms with Crippen LogP contribution in [-0.4, -0.2) is 21.6 Å². The number of ether oxygens (including phenoxy) is 1. The van der Waals surface area contributed by atoms with Crippen molar-refractivity contribution >= 4 is 22.5 Å². The van der Waals surface area contributed by atoms with Crippen molar-refractivity contribution in [1.82, 2.24) is 14.5 Å². The summed E-state index contributed by atoms with van der Waals surface area (Å²) in [4.78, 5) is 8.08. The van der Waals surface area contributed by atoms with Gasteiger partial charge in [0.15, 0.2) is 0 Å². The van der Waals surface area contributed by atoms with E-state index in [1.54, 1.807) is 13.3 Å². The molecule has 5 heteroatoms. The van der Waals surface area contributed by atoms with E-state index in [0.717, 1.165) is 22.5 Å². The lowest BCUT2D eigenvalue weighted by atomic mass is 10.2. The van der Waals surface area contributed by atoms with Gasteiger partial charge in [-0.05, 0) is 35.9 Å². The highest BCUT2D eigenvalue weighted by Crippen LogP contribution is 2.24. The van der Waals surface area contributed by atoms with Crippen molar-refractivity contribution in [3.63, 3.8) is 0 Å².